The van der Waals surface area contributed by atoms with Crippen molar-refractivity contribution in [3.63, 3.8) is 0 Å². The number of nitrogens with one attached hydrogen (secondary N) is 1. The first-order chi connectivity index (χ1) is 11.3. The summed E-state index contributed by atoms with van der Waals surface area (Å²) in [6, 6.07) is 5.82. The van der Waals surface area contributed by atoms with Crippen LogP contribution in [0.3, 0.4) is 0 Å². The number of aromatic nitrogens is 2. The molecule has 2 aromatic rings. The van der Waals surface area contributed by atoms with Crippen LogP contribution >= 0.6 is 0 Å². The van der Waals surface area contributed by atoms with Crippen LogP contribution in [0.2, 0.25) is 0 Å². The Morgan fingerprint density at radius 3 is 2.62 bits per heavy atom. The van der Waals surface area contributed by atoms with Crippen LogP contribution in [-0.4, -0.2) is 22.2 Å². The summed E-state index contributed by atoms with van der Waals surface area (Å²) in [6.07, 6.45) is 1.12. The third kappa shape index (κ3) is 3.16. The van der Waals surface area contributed by atoms with Gasteiger partial charge in [0.15, 0.2) is 0 Å². The van der Waals surface area contributed by atoms with E-state index in [-0.39, 0.29) is 17.9 Å². The van der Waals surface area contributed by atoms with Gasteiger partial charge in [0.05, 0.1) is 6.42 Å². The minimum absolute atomic E-state index is 0.0370. The molecule has 0 saturated carbocycles. The summed E-state index contributed by atoms with van der Waals surface area (Å²) >= 11 is 0. The van der Waals surface area contributed by atoms with Crippen molar-refractivity contribution >= 4 is 11.6 Å². The normalized spacial score (nSPS) is 13.6. The van der Waals surface area contributed by atoms with E-state index in [4.69, 9.17) is 0 Å². The van der Waals surface area contributed by atoms with Gasteiger partial charge in [-0.3, -0.25) is 19.4 Å². The van der Waals surface area contributed by atoms with Gasteiger partial charge in [-0.05, 0) is 48.9 Å². The van der Waals surface area contributed by atoms with Crippen molar-refractivity contribution in [3.8, 4) is 0 Å². The Balaban J connectivity index is 1.78. The summed E-state index contributed by atoms with van der Waals surface area (Å²) in [5, 5.41) is 3.07. The first-order valence-corrected chi connectivity index (χ1v) is 8.54. The third-order valence-corrected chi connectivity index (χ3v) is 4.62. The van der Waals surface area contributed by atoms with Gasteiger partial charge in [0, 0.05) is 30.5 Å². The first kappa shape index (κ1) is 16.6. The van der Waals surface area contributed by atoms with Crippen molar-refractivity contribution in [2.45, 2.75) is 47.1 Å². The molecular weight excluding hydrogens is 302 g/mol. The van der Waals surface area contributed by atoms with Crippen molar-refractivity contribution in [1.29, 1.82) is 0 Å². The second kappa shape index (κ2) is 6.30. The van der Waals surface area contributed by atoms with Crippen molar-refractivity contribution in [1.82, 2.24) is 9.78 Å². The average molecular weight is 327 g/mol. The number of anilines is 1. The van der Waals surface area contributed by atoms with E-state index < -0.39 is 0 Å². The van der Waals surface area contributed by atoms with Crippen molar-refractivity contribution in [2.24, 2.45) is 5.92 Å². The van der Waals surface area contributed by atoms with E-state index in [9.17, 15) is 9.59 Å². The number of rotatable bonds is 4. The van der Waals surface area contributed by atoms with E-state index >= 15 is 0 Å². The zero-order valence-electron chi connectivity index (χ0n) is 14.8. The van der Waals surface area contributed by atoms with Crippen LogP contribution in [0.5, 0.6) is 0 Å². The van der Waals surface area contributed by atoms with Gasteiger partial charge in [-0.2, -0.15) is 0 Å². The minimum Gasteiger partial charge on any atom is -0.311 e. The maximum Gasteiger partial charge on any atom is 0.266 e. The largest absolute Gasteiger partial charge is 0.311 e. The van der Waals surface area contributed by atoms with E-state index in [1.54, 1.807) is 4.68 Å². The van der Waals surface area contributed by atoms with Gasteiger partial charge >= 0.3 is 0 Å². The molecule has 5 nitrogen and oxygen atoms in total. The zero-order chi connectivity index (χ0) is 17.4. The number of hydrogen-bond donors (Lipinski definition) is 1. The predicted molar refractivity (Wildman–Crippen MR) is 95.6 cm³/mol. The van der Waals surface area contributed by atoms with E-state index in [1.165, 1.54) is 22.8 Å². The van der Waals surface area contributed by atoms with Crippen LogP contribution in [-0.2, 0) is 24.2 Å². The van der Waals surface area contributed by atoms with Gasteiger partial charge in [0.1, 0.15) is 0 Å². The fourth-order valence-corrected chi connectivity index (χ4v) is 3.26. The molecule has 3 rings (SSSR count). The predicted octanol–water partition coefficient (Wildman–Crippen LogP) is 2.58. The Morgan fingerprint density at radius 2 is 1.92 bits per heavy atom. The van der Waals surface area contributed by atoms with Gasteiger partial charge in [0.2, 0.25) is 5.91 Å². The molecule has 1 aromatic carbocycles. The molecule has 0 fully saturated rings. The average Bonchev–Trinajstić information content (AvgIpc) is 3.03. The van der Waals surface area contributed by atoms with Gasteiger partial charge in [-0.15, -0.1) is 0 Å². The molecule has 1 aliphatic rings. The molecule has 0 bridgehead atoms. The molecule has 0 radical (unpaired) electrons. The Bertz CT molecular complexity index is 830. The molecule has 0 unspecified atom stereocenters. The smallest absolute Gasteiger partial charge is 0.266 e. The summed E-state index contributed by atoms with van der Waals surface area (Å²) in [5.74, 6) is 0.413. The van der Waals surface area contributed by atoms with Crippen LogP contribution in [0.25, 0.3) is 0 Å². The molecule has 0 saturated heterocycles. The van der Waals surface area contributed by atoms with E-state index in [0.717, 1.165) is 12.1 Å². The van der Waals surface area contributed by atoms with Crippen LogP contribution in [0.1, 0.15) is 36.2 Å². The Morgan fingerprint density at radius 1 is 1.21 bits per heavy atom. The lowest BCUT2D eigenvalue weighted by Gasteiger charge is -2.18. The van der Waals surface area contributed by atoms with Gasteiger partial charge in [-0.25, -0.2) is 0 Å². The highest BCUT2D eigenvalue weighted by molar-refractivity contribution is 5.96. The van der Waals surface area contributed by atoms with Crippen molar-refractivity contribution in [3.05, 3.63) is 50.9 Å². The number of H-pyrrole nitrogens is 1. The summed E-state index contributed by atoms with van der Waals surface area (Å²) in [6.45, 7) is 9.64. The number of nitrogens with zero attached hydrogens (tertiary/aromatic N) is 2. The van der Waals surface area contributed by atoms with E-state index in [2.05, 4.69) is 44.9 Å². The molecule has 1 amide bonds. The van der Waals surface area contributed by atoms with Crippen LogP contribution in [0.15, 0.2) is 23.0 Å². The number of benzene rings is 1. The molecule has 2 heterocycles. The third-order valence-electron chi connectivity index (χ3n) is 4.62. The Kier molecular flexibility index (Phi) is 4.35. The molecular formula is C19H25N3O2. The second-order valence-corrected chi connectivity index (χ2v) is 7.16. The standard InChI is InChI=1S/C19H25N3O2/c1-12(2)11-22-19(24)10-16(20-22)9-18(23)21-6-5-15-7-13(3)14(4)8-17(15)21/h7-8,10,12,20H,5-6,9,11H2,1-4H3. The van der Waals surface area contributed by atoms with Gasteiger partial charge in [0.25, 0.3) is 5.56 Å². The fourth-order valence-electron chi connectivity index (χ4n) is 3.26. The molecule has 24 heavy (non-hydrogen) atoms. The van der Waals surface area contributed by atoms with Crippen molar-refractivity contribution < 1.29 is 4.79 Å². The maximum absolute atomic E-state index is 12.7. The van der Waals surface area contributed by atoms with Gasteiger partial charge < -0.3 is 4.90 Å². The monoisotopic (exact) mass is 327 g/mol. The number of carbonyl (C=O) groups is 1. The van der Waals surface area contributed by atoms with E-state index in [0.29, 0.717) is 24.7 Å². The Labute approximate surface area is 142 Å². The van der Waals surface area contributed by atoms with Crippen LogP contribution in [0, 0.1) is 19.8 Å². The summed E-state index contributed by atoms with van der Waals surface area (Å²) in [5.41, 5.74) is 5.33. The minimum atomic E-state index is -0.0696. The SMILES string of the molecule is Cc1cc2c(cc1C)N(C(=O)Cc1cc(=O)n(CC(C)C)[nH]1)CC2. The van der Waals surface area contributed by atoms with Crippen LogP contribution in [0.4, 0.5) is 5.69 Å². The molecule has 128 valence electrons. The maximum atomic E-state index is 12.7. The summed E-state index contributed by atoms with van der Waals surface area (Å²) in [7, 11) is 0. The fraction of sp³-hybridized carbons (Fsp3) is 0.474. The van der Waals surface area contributed by atoms with Crippen LogP contribution < -0.4 is 10.5 Å². The number of fused-ring (bicyclic) bond motifs is 1. The number of hydrogen-bond acceptors (Lipinski definition) is 2. The highest BCUT2D eigenvalue weighted by Gasteiger charge is 2.25. The number of aryl methyl sites for hydroxylation is 2. The summed E-state index contributed by atoms with van der Waals surface area (Å²) < 4.78 is 1.58. The molecule has 0 atom stereocenters. The highest BCUT2D eigenvalue weighted by Crippen LogP contribution is 2.31. The zero-order valence-corrected chi connectivity index (χ0v) is 14.8. The second-order valence-electron chi connectivity index (χ2n) is 7.16. The van der Waals surface area contributed by atoms with Crippen molar-refractivity contribution in [2.75, 3.05) is 11.4 Å². The lowest BCUT2D eigenvalue weighted by Crippen LogP contribution is -2.30. The van der Waals surface area contributed by atoms with Gasteiger partial charge in [-0.1, -0.05) is 19.9 Å². The number of aromatic amines is 1. The quantitative estimate of drug-likeness (QED) is 0.938. The topological polar surface area (TPSA) is 58.1 Å². The highest BCUT2D eigenvalue weighted by atomic mass is 16.2. The first-order valence-electron chi connectivity index (χ1n) is 8.54. The number of carbonyl (C=O) groups excluding carboxylic acids is 1. The summed E-state index contributed by atoms with van der Waals surface area (Å²) in [4.78, 5) is 26.5. The molecule has 1 N–H and O–H groups in total. The lowest BCUT2D eigenvalue weighted by atomic mass is 10.0. The molecule has 0 spiro atoms. The molecule has 5 heteroatoms. The molecule has 0 aliphatic carbocycles. The molecule has 1 aromatic heterocycles. The van der Waals surface area contributed by atoms with E-state index in [1.807, 2.05) is 4.90 Å². The number of amides is 1. The Hall–Kier alpha value is -2.30. The lowest BCUT2D eigenvalue weighted by molar-refractivity contribution is -0.117. The molecule has 1 aliphatic heterocycles.